The van der Waals surface area contributed by atoms with E-state index in [0.29, 0.717) is 43.0 Å². The number of aromatic amines is 1. The zero-order valence-corrected chi connectivity index (χ0v) is 16.2. The quantitative estimate of drug-likeness (QED) is 0.652. The summed E-state index contributed by atoms with van der Waals surface area (Å²) < 4.78 is 40.3. The van der Waals surface area contributed by atoms with Crippen molar-refractivity contribution in [1.29, 1.82) is 0 Å². The van der Waals surface area contributed by atoms with Gasteiger partial charge in [-0.15, -0.1) is 8.78 Å². The van der Waals surface area contributed by atoms with Crippen molar-refractivity contribution in [2.24, 2.45) is 0 Å². The topological polar surface area (TPSA) is 100 Å². The van der Waals surface area contributed by atoms with Gasteiger partial charge in [0.15, 0.2) is 17.1 Å². The molecule has 9 nitrogen and oxygen atoms in total. The van der Waals surface area contributed by atoms with Crippen LogP contribution in [0.3, 0.4) is 0 Å². The maximum atomic E-state index is 13.2. The Bertz CT molecular complexity index is 1200. The molecule has 3 aromatic rings. The zero-order chi connectivity index (χ0) is 21.6. The first kappa shape index (κ1) is 19.2. The molecular formula is C20H18F2N4O5. The van der Waals surface area contributed by atoms with E-state index in [-0.39, 0.29) is 24.0 Å². The third-order valence-corrected chi connectivity index (χ3v) is 5.25. The third-order valence-electron chi connectivity index (χ3n) is 5.25. The number of H-pyrrole nitrogens is 1. The van der Waals surface area contributed by atoms with Crippen LogP contribution >= 0.6 is 0 Å². The minimum absolute atomic E-state index is 0.000400. The van der Waals surface area contributed by atoms with Gasteiger partial charge in [-0.1, -0.05) is 0 Å². The number of piperazine rings is 1. The van der Waals surface area contributed by atoms with Crippen LogP contribution in [0.2, 0.25) is 0 Å². The molecule has 0 atom stereocenters. The van der Waals surface area contributed by atoms with Crippen LogP contribution in [0.25, 0.3) is 11.1 Å². The van der Waals surface area contributed by atoms with E-state index in [4.69, 9.17) is 4.42 Å². The molecule has 2 aromatic carbocycles. The number of hydrogen-bond acceptors (Lipinski definition) is 7. The highest BCUT2D eigenvalue weighted by Crippen LogP contribution is 2.42. The van der Waals surface area contributed by atoms with Crippen molar-refractivity contribution in [2.45, 2.75) is 6.29 Å². The molecule has 5 rings (SSSR count). The van der Waals surface area contributed by atoms with Crippen molar-refractivity contribution in [3.63, 3.8) is 0 Å². The monoisotopic (exact) mass is 432 g/mol. The number of carbonyl (C=O) groups excluding carboxylic acids is 1. The molecule has 2 aliphatic rings. The highest BCUT2D eigenvalue weighted by atomic mass is 19.3. The summed E-state index contributed by atoms with van der Waals surface area (Å²) in [5.41, 5.74) is 2.40. The molecule has 1 aromatic heterocycles. The van der Waals surface area contributed by atoms with Crippen molar-refractivity contribution in [1.82, 2.24) is 9.88 Å². The second-order valence-electron chi connectivity index (χ2n) is 7.25. The second-order valence-corrected chi connectivity index (χ2v) is 7.25. The molecule has 0 radical (unpaired) electrons. The zero-order valence-electron chi connectivity index (χ0n) is 16.2. The van der Waals surface area contributed by atoms with E-state index in [1.807, 2.05) is 4.90 Å². The number of nitrogens with zero attached hydrogens (tertiary/aromatic N) is 2. The average Bonchev–Trinajstić information content (AvgIpc) is 3.27. The number of aromatic nitrogens is 1. The molecule has 0 unspecified atom stereocenters. The Labute approximate surface area is 174 Å². The lowest BCUT2D eigenvalue weighted by Crippen LogP contribution is -2.50. The van der Waals surface area contributed by atoms with Crippen LogP contribution < -0.4 is 25.4 Å². The van der Waals surface area contributed by atoms with Crippen molar-refractivity contribution in [2.75, 3.05) is 42.9 Å². The van der Waals surface area contributed by atoms with Crippen LogP contribution in [0, 0.1) is 0 Å². The Kier molecular flexibility index (Phi) is 4.45. The van der Waals surface area contributed by atoms with Gasteiger partial charge >= 0.3 is 12.1 Å². The van der Waals surface area contributed by atoms with Crippen LogP contribution in [0.4, 0.5) is 20.2 Å². The van der Waals surface area contributed by atoms with Gasteiger partial charge in [0.2, 0.25) is 5.91 Å². The summed E-state index contributed by atoms with van der Waals surface area (Å²) in [5.74, 6) is -0.593. The summed E-state index contributed by atoms with van der Waals surface area (Å²) in [6.07, 6.45) is -3.64. The number of fused-ring (bicyclic) bond motifs is 2. The SMILES string of the molecule is O=C(CNc1ccc2[nH]c(=O)oc2c1)N1CCN(c2ccc3c(c2)OC(F)(F)O3)CC1. The molecule has 0 bridgehead atoms. The van der Waals surface area contributed by atoms with Gasteiger partial charge in [0, 0.05) is 49.7 Å². The number of hydrogen-bond donors (Lipinski definition) is 2. The Balaban J connectivity index is 1.16. The number of alkyl halides is 2. The van der Waals surface area contributed by atoms with Gasteiger partial charge < -0.3 is 29.0 Å². The van der Waals surface area contributed by atoms with Gasteiger partial charge in [0.05, 0.1) is 12.1 Å². The maximum Gasteiger partial charge on any atom is 0.586 e. The van der Waals surface area contributed by atoms with Gasteiger partial charge in [0.1, 0.15) is 0 Å². The van der Waals surface area contributed by atoms with E-state index in [1.165, 1.54) is 12.1 Å². The molecule has 1 saturated heterocycles. The fourth-order valence-electron chi connectivity index (χ4n) is 3.69. The number of halogens is 2. The van der Waals surface area contributed by atoms with E-state index in [0.717, 1.165) is 5.69 Å². The Morgan fingerprint density at radius 3 is 2.65 bits per heavy atom. The number of nitrogens with one attached hydrogen (secondary N) is 2. The minimum atomic E-state index is -3.64. The Morgan fingerprint density at radius 2 is 1.84 bits per heavy atom. The second kappa shape index (κ2) is 7.18. The number of carbonyl (C=O) groups is 1. The predicted molar refractivity (Wildman–Crippen MR) is 107 cm³/mol. The first-order chi connectivity index (χ1) is 14.9. The molecule has 1 amide bonds. The Hall–Kier alpha value is -3.76. The van der Waals surface area contributed by atoms with Crippen LogP contribution in [0.5, 0.6) is 11.5 Å². The highest BCUT2D eigenvalue weighted by molar-refractivity contribution is 5.83. The lowest BCUT2D eigenvalue weighted by atomic mass is 10.2. The molecule has 11 heteroatoms. The summed E-state index contributed by atoms with van der Waals surface area (Å²) in [7, 11) is 0. The molecular weight excluding hydrogens is 414 g/mol. The van der Waals surface area contributed by atoms with Crippen molar-refractivity contribution in [3.8, 4) is 11.5 Å². The van der Waals surface area contributed by atoms with E-state index in [1.54, 1.807) is 29.2 Å². The fraction of sp³-hybridized carbons (Fsp3) is 0.300. The van der Waals surface area contributed by atoms with E-state index >= 15 is 0 Å². The summed E-state index contributed by atoms with van der Waals surface area (Å²) in [4.78, 5) is 30.1. The smallest absolute Gasteiger partial charge is 0.408 e. The van der Waals surface area contributed by atoms with Crippen LogP contribution in [0.15, 0.2) is 45.6 Å². The number of anilines is 2. The Morgan fingerprint density at radius 1 is 1.06 bits per heavy atom. The number of rotatable bonds is 4. The van der Waals surface area contributed by atoms with Crippen molar-refractivity contribution >= 4 is 28.4 Å². The average molecular weight is 432 g/mol. The molecule has 3 heterocycles. The van der Waals surface area contributed by atoms with Gasteiger partial charge in [0.25, 0.3) is 0 Å². The number of amides is 1. The first-order valence-electron chi connectivity index (χ1n) is 9.66. The van der Waals surface area contributed by atoms with Gasteiger partial charge in [-0.05, 0) is 24.3 Å². The fourth-order valence-corrected chi connectivity index (χ4v) is 3.69. The number of oxazole rings is 1. The van der Waals surface area contributed by atoms with Crippen LogP contribution in [-0.2, 0) is 4.79 Å². The van der Waals surface area contributed by atoms with E-state index < -0.39 is 12.1 Å². The highest BCUT2D eigenvalue weighted by Gasteiger charge is 2.43. The summed E-state index contributed by atoms with van der Waals surface area (Å²) >= 11 is 0. The number of ether oxygens (including phenoxy) is 2. The lowest BCUT2D eigenvalue weighted by Gasteiger charge is -2.36. The van der Waals surface area contributed by atoms with Gasteiger partial charge in [-0.2, -0.15) is 0 Å². The van der Waals surface area contributed by atoms with Crippen molar-refractivity contribution in [3.05, 3.63) is 46.9 Å². The normalized spacial score (nSPS) is 17.2. The maximum absolute atomic E-state index is 13.2. The molecule has 0 aliphatic carbocycles. The molecule has 2 N–H and O–H groups in total. The predicted octanol–water partition coefficient (Wildman–Crippen LogP) is 2.20. The lowest BCUT2D eigenvalue weighted by molar-refractivity contribution is -0.286. The summed E-state index contributed by atoms with van der Waals surface area (Å²) in [6.45, 7) is 2.21. The largest absolute Gasteiger partial charge is 0.586 e. The molecule has 31 heavy (non-hydrogen) atoms. The molecule has 1 fully saturated rings. The van der Waals surface area contributed by atoms with Crippen LogP contribution in [-0.4, -0.2) is 54.8 Å². The molecule has 162 valence electrons. The van der Waals surface area contributed by atoms with E-state index in [2.05, 4.69) is 19.8 Å². The van der Waals surface area contributed by atoms with Crippen LogP contribution in [0.1, 0.15) is 0 Å². The standard InChI is InChI=1S/C20H18F2N4O5/c21-20(22)30-15-4-2-13(10-17(15)31-20)25-5-7-26(8-6-25)18(27)11-23-12-1-3-14-16(9-12)29-19(28)24-14/h1-4,9-10,23H,5-8,11H2,(H,24,28). The van der Waals surface area contributed by atoms with Gasteiger partial charge in [-0.25, -0.2) is 4.79 Å². The molecule has 0 saturated carbocycles. The summed E-state index contributed by atoms with van der Waals surface area (Å²) in [6, 6.07) is 9.77. The summed E-state index contributed by atoms with van der Waals surface area (Å²) in [5, 5.41) is 3.04. The first-order valence-corrected chi connectivity index (χ1v) is 9.66. The number of benzene rings is 2. The van der Waals surface area contributed by atoms with E-state index in [9.17, 15) is 18.4 Å². The van der Waals surface area contributed by atoms with Gasteiger partial charge in [-0.3, -0.25) is 9.78 Å². The molecule has 2 aliphatic heterocycles. The molecule has 0 spiro atoms. The third kappa shape index (κ3) is 3.86. The van der Waals surface area contributed by atoms with Crippen molar-refractivity contribution < 1.29 is 27.5 Å². The minimum Gasteiger partial charge on any atom is -0.408 e.